The summed E-state index contributed by atoms with van der Waals surface area (Å²) in [4.78, 5) is 39.6. The van der Waals surface area contributed by atoms with Crippen LogP contribution in [0.1, 0.15) is 84.0 Å². The second kappa shape index (κ2) is 16.0. The van der Waals surface area contributed by atoms with Gasteiger partial charge in [0.05, 0.1) is 17.7 Å². The molecule has 3 aromatic heterocycles. The zero-order chi connectivity index (χ0) is 37.6. The highest BCUT2D eigenvalue weighted by atomic mass is 19.3. The molecule has 0 spiro atoms. The first-order valence-corrected chi connectivity index (χ1v) is 16.8. The molecule has 0 bridgehead atoms. The third kappa shape index (κ3) is 8.42. The number of carbonyl (C=O) groups excluding carboxylic acids is 2. The molecule has 2 saturated carbocycles. The molecular weight excluding hydrogens is 704 g/mol. The lowest BCUT2D eigenvalue weighted by Crippen LogP contribution is -2.38. The Bertz CT molecular complexity index is 2040. The molecule has 3 heterocycles. The average molecular weight is 738 g/mol. The van der Waals surface area contributed by atoms with Gasteiger partial charge in [-0.3, -0.25) is 9.59 Å². The number of hydrogen-bond donors (Lipinski definition) is 1. The van der Waals surface area contributed by atoms with Gasteiger partial charge in [0.2, 0.25) is 0 Å². The Morgan fingerprint density at radius 3 is 1.62 bits per heavy atom. The van der Waals surface area contributed by atoms with Gasteiger partial charge in [-0.25, -0.2) is 28.7 Å². The molecule has 0 radical (unpaired) electrons. The van der Waals surface area contributed by atoms with Crippen molar-refractivity contribution in [1.29, 1.82) is 0 Å². The molecular formula is C37H33F6N7O3. The van der Waals surface area contributed by atoms with Crippen LogP contribution in [0.15, 0.2) is 77.7 Å². The third-order valence-electron chi connectivity index (χ3n) is 9.73. The predicted molar refractivity (Wildman–Crippen MR) is 177 cm³/mol. The minimum Gasteiger partial charge on any atom is -0.415 e. The van der Waals surface area contributed by atoms with Crippen LogP contribution in [0.2, 0.25) is 0 Å². The summed E-state index contributed by atoms with van der Waals surface area (Å²) in [5.74, 6) is -2.29. The van der Waals surface area contributed by atoms with E-state index >= 15 is 0 Å². The van der Waals surface area contributed by atoms with Crippen molar-refractivity contribution >= 4 is 11.7 Å². The zero-order valence-corrected chi connectivity index (χ0v) is 28.1. The number of benzene rings is 2. The first kappa shape index (κ1) is 37.2. The summed E-state index contributed by atoms with van der Waals surface area (Å²) in [5, 5.41) is 8.70. The molecule has 16 heteroatoms. The molecule has 0 aliphatic heterocycles. The molecule has 7 rings (SSSR count). The normalized spacial score (nSPS) is 15.5. The molecule has 1 N–H and O–H groups in total. The van der Waals surface area contributed by atoms with Gasteiger partial charge in [-0.15, -0.1) is 10.2 Å². The first-order valence-electron chi connectivity index (χ1n) is 16.8. The van der Waals surface area contributed by atoms with Gasteiger partial charge in [-0.2, -0.15) is 17.6 Å². The highest BCUT2D eigenvalue weighted by molar-refractivity contribution is 5.99. The van der Waals surface area contributed by atoms with E-state index in [2.05, 4.69) is 30.1 Å². The molecule has 1 amide bonds. The van der Waals surface area contributed by atoms with Crippen molar-refractivity contribution in [3.8, 4) is 11.5 Å². The van der Waals surface area contributed by atoms with Crippen LogP contribution in [-0.4, -0.2) is 54.8 Å². The maximum absolute atomic E-state index is 14.2. The molecule has 2 aliphatic rings. The van der Waals surface area contributed by atoms with Gasteiger partial charge in [-0.1, -0.05) is 49.2 Å². The molecule has 0 saturated heterocycles. The van der Waals surface area contributed by atoms with Crippen molar-refractivity contribution in [2.75, 3.05) is 6.54 Å². The van der Waals surface area contributed by atoms with Crippen LogP contribution in [0.5, 0.6) is 0 Å². The molecule has 5 aromatic rings. The monoisotopic (exact) mass is 737 g/mol. The van der Waals surface area contributed by atoms with E-state index in [0.29, 0.717) is 41.2 Å². The Kier molecular flexibility index (Phi) is 11.2. The fourth-order valence-electron chi connectivity index (χ4n) is 6.61. The van der Waals surface area contributed by atoms with Crippen molar-refractivity contribution < 1.29 is 40.3 Å². The van der Waals surface area contributed by atoms with Crippen LogP contribution >= 0.6 is 0 Å². The second-order valence-corrected chi connectivity index (χ2v) is 13.0. The van der Waals surface area contributed by atoms with Crippen molar-refractivity contribution in [1.82, 2.24) is 35.5 Å². The van der Waals surface area contributed by atoms with Crippen LogP contribution in [0.4, 0.5) is 26.3 Å². The summed E-state index contributed by atoms with van der Waals surface area (Å²) < 4.78 is 82.6. The van der Waals surface area contributed by atoms with E-state index in [4.69, 9.17) is 4.42 Å². The lowest BCUT2D eigenvalue weighted by Gasteiger charge is -2.42. The van der Waals surface area contributed by atoms with Crippen molar-refractivity contribution in [2.45, 2.75) is 75.0 Å². The van der Waals surface area contributed by atoms with Gasteiger partial charge in [0, 0.05) is 48.5 Å². The van der Waals surface area contributed by atoms with Crippen LogP contribution < -0.4 is 5.32 Å². The molecule has 2 aliphatic carbocycles. The Morgan fingerprint density at radius 2 is 1.21 bits per heavy atom. The Morgan fingerprint density at radius 1 is 0.717 bits per heavy atom. The Hall–Kier alpha value is -5.54. The predicted octanol–water partition coefficient (Wildman–Crippen LogP) is 7.11. The number of rotatable bonds is 12. The summed E-state index contributed by atoms with van der Waals surface area (Å²) >= 11 is 0. The Balaban J connectivity index is 0.000000181. The molecule has 0 unspecified atom stereocenters. The molecule has 53 heavy (non-hydrogen) atoms. The number of ketones is 1. The average Bonchev–Trinajstić information content (AvgIpc) is 3.63. The van der Waals surface area contributed by atoms with Gasteiger partial charge in [0.25, 0.3) is 17.7 Å². The van der Waals surface area contributed by atoms with Crippen molar-refractivity contribution in [3.05, 3.63) is 119 Å². The number of nitrogens with one attached hydrogen (secondary N) is 1. The fraction of sp³-hybridized carbons (Fsp3) is 0.351. The van der Waals surface area contributed by atoms with Gasteiger partial charge in [0.15, 0.2) is 5.78 Å². The van der Waals surface area contributed by atoms with Gasteiger partial charge >= 0.3 is 12.9 Å². The summed E-state index contributed by atoms with van der Waals surface area (Å²) in [7, 11) is 0. The summed E-state index contributed by atoms with van der Waals surface area (Å²) in [5.41, 5.74) is 1.18. The fourth-order valence-corrected chi connectivity index (χ4v) is 6.61. The smallest absolute Gasteiger partial charge is 0.315 e. The Labute approximate surface area is 299 Å². The molecule has 0 atom stereocenters. The number of amides is 1. The van der Waals surface area contributed by atoms with E-state index in [1.807, 2.05) is 17.4 Å². The van der Waals surface area contributed by atoms with Crippen LogP contribution in [-0.2, 0) is 28.5 Å². The van der Waals surface area contributed by atoms with E-state index in [-0.39, 0.29) is 33.9 Å². The standard InChI is InChI=1S/C19H18F3N3O2.C18H15F3N4O/c20-14-5-2-1-4-13(14)19(6-3-7-19)8-16-23-9-12(10-24-16)15(26)11-25-18(27)17(21)22;19-13-5-2-1-4-12(13)18(6-3-7-18)8-14-22-9-11(10-23-14)16-24-25-17(26-16)15(20)21/h1-2,4-5,9-10,17H,3,6-8,11H2,(H,25,27);1-2,4-5,9-10,15H,3,6-8H2. The maximum atomic E-state index is 14.2. The lowest BCUT2D eigenvalue weighted by molar-refractivity contribution is -0.131. The minimum atomic E-state index is -3.17. The largest absolute Gasteiger partial charge is 0.415 e. The van der Waals surface area contributed by atoms with E-state index in [1.54, 1.807) is 24.3 Å². The summed E-state index contributed by atoms with van der Waals surface area (Å²) in [6, 6.07) is 13.4. The van der Waals surface area contributed by atoms with Crippen LogP contribution in [0, 0.1) is 11.6 Å². The number of Topliss-reactive ketones (excluding diaryl/α,β-unsaturated/α-hetero) is 1. The van der Waals surface area contributed by atoms with E-state index in [9.17, 15) is 35.9 Å². The summed E-state index contributed by atoms with van der Waals surface area (Å²) in [6.07, 6.45) is 5.92. The number of halogens is 6. The minimum absolute atomic E-state index is 0.0562. The SMILES string of the molecule is Fc1ccccc1C1(Cc2ncc(-c3nnc(C(F)F)o3)cn2)CCC1.O=C(CNC(=O)C(F)F)c1cnc(CC2(c3ccccc3F)CCC2)nc1. The molecule has 2 fully saturated rings. The van der Waals surface area contributed by atoms with Crippen molar-refractivity contribution in [2.24, 2.45) is 0 Å². The highest BCUT2D eigenvalue weighted by Crippen LogP contribution is 2.47. The number of nitrogens with zero attached hydrogens (tertiary/aromatic N) is 6. The molecule has 2 aromatic carbocycles. The van der Waals surface area contributed by atoms with E-state index in [0.717, 1.165) is 38.5 Å². The second-order valence-electron chi connectivity index (χ2n) is 13.0. The maximum Gasteiger partial charge on any atom is 0.315 e. The van der Waals surface area contributed by atoms with Crippen LogP contribution in [0.3, 0.4) is 0 Å². The van der Waals surface area contributed by atoms with Crippen molar-refractivity contribution in [3.63, 3.8) is 0 Å². The number of aromatic nitrogens is 6. The lowest BCUT2D eigenvalue weighted by atomic mass is 9.62. The number of hydrogen-bond acceptors (Lipinski definition) is 9. The first-order chi connectivity index (χ1) is 25.5. The van der Waals surface area contributed by atoms with Gasteiger partial charge in [0.1, 0.15) is 23.3 Å². The van der Waals surface area contributed by atoms with E-state index < -0.39 is 37.0 Å². The summed E-state index contributed by atoms with van der Waals surface area (Å²) in [6.45, 7) is -0.551. The number of alkyl halides is 4. The highest BCUT2D eigenvalue weighted by Gasteiger charge is 2.42. The number of carbonyl (C=O) groups is 2. The molecule has 276 valence electrons. The quantitative estimate of drug-likeness (QED) is 0.105. The zero-order valence-electron chi connectivity index (χ0n) is 28.1. The topological polar surface area (TPSA) is 137 Å². The molecule has 10 nitrogen and oxygen atoms in total. The van der Waals surface area contributed by atoms with E-state index in [1.165, 1.54) is 36.9 Å². The van der Waals surface area contributed by atoms with Gasteiger partial charge < -0.3 is 9.73 Å². The van der Waals surface area contributed by atoms with Gasteiger partial charge in [-0.05, 0) is 48.9 Å². The third-order valence-corrected chi connectivity index (χ3v) is 9.73. The van der Waals surface area contributed by atoms with Crippen LogP contribution in [0.25, 0.3) is 11.5 Å².